The van der Waals surface area contributed by atoms with E-state index in [-0.39, 0.29) is 55.9 Å². The van der Waals surface area contributed by atoms with Crippen LogP contribution in [-0.2, 0) is 0 Å². The van der Waals surface area contributed by atoms with Gasteiger partial charge in [-0.15, -0.1) is 0 Å². The molecule has 6 aromatic carbocycles. The SMILES string of the molecule is O=C(c1ccc(C(=O)O)c(C(=O)O)c1)c1ccc2c(c1)C(=O)N(c1ccccc1SSc1ccccc1N1C(=O)c3ccc(C(=O)c4ccc(C(=O)O)c(C(=O)O)c4)cc3C1=O)C2=O. The number of nitrogens with zero attached hydrogens (tertiary/aromatic N) is 2. The van der Waals surface area contributed by atoms with Crippen LogP contribution in [0.25, 0.3) is 0 Å². The average Bonchev–Trinajstić information content (AvgIpc) is 3.69. The van der Waals surface area contributed by atoms with Crippen molar-refractivity contribution in [3.63, 3.8) is 0 Å². The number of fused-ring (bicyclic) bond motifs is 2. The number of imide groups is 2. The fourth-order valence-electron chi connectivity index (χ4n) is 7.15. The average molecular weight is 893 g/mol. The van der Waals surface area contributed by atoms with Gasteiger partial charge < -0.3 is 20.4 Å². The standard InChI is InChI=1S/C46H24N2O14S2/c49-37(23-11-15-27(43(55)56)31(19-23)45(59)60)21-9-13-25-29(17-21)41(53)47(39(25)51)33-5-1-3-7-35(33)63-64-36-8-4-2-6-34(36)48-40(52)26-14-10-22(18-30(26)42(48)54)38(50)24-12-16-28(44(57)58)32(20-24)46(61)62/h1-20H,(H,55,56)(H,57,58)(H,59,60)(H,61,62). The summed E-state index contributed by atoms with van der Waals surface area (Å²) >= 11 is 0. The summed E-state index contributed by atoms with van der Waals surface area (Å²) in [5.74, 6) is -10.5. The first-order chi connectivity index (χ1) is 30.6. The molecular weight excluding hydrogens is 869 g/mol. The van der Waals surface area contributed by atoms with Crippen LogP contribution in [0.4, 0.5) is 11.4 Å². The Kier molecular flexibility index (Phi) is 10.8. The number of hydrogen-bond donors (Lipinski definition) is 4. The Morgan fingerprint density at radius 3 is 1.03 bits per heavy atom. The van der Waals surface area contributed by atoms with Gasteiger partial charge in [0.05, 0.1) is 55.9 Å². The molecule has 314 valence electrons. The lowest BCUT2D eigenvalue weighted by Crippen LogP contribution is -2.30. The Morgan fingerprint density at radius 1 is 0.359 bits per heavy atom. The number of aromatic carboxylic acids is 4. The second-order valence-electron chi connectivity index (χ2n) is 13.9. The summed E-state index contributed by atoms with van der Waals surface area (Å²) in [6.07, 6.45) is 0. The molecule has 8 rings (SSSR count). The molecule has 0 aliphatic carbocycles. The summed E-state index contributed by atoms with van der Waals surface area (Å²) in [5, 5.41) is 37.8. The number of carbonyl (C=O) groups excluding carboxylic acids is 6. The number of anilines is 2. The Hall–Kier alpha value is -8.48. The zero-order valence-electron chi connectivity index (χ0n) is 32.1. The molecule has 0 fully saturated rings. The molecule has 2 heterocycles. The van der Waals surface area contributed by atoms with E-state index >= 15 is 0 Å². The first-order valence-electron chi connectivity index (χ1n) is 18.5. The minimum absolute atomic E-state index is 0.0108. The van der Waals surface area contributed by atoms with Crippen LogP contribution in [-0.4, -0.2) is 79.5 Å². The van der Waals surface area contributed by atoms with Crippen LogP contribution in [0.15, 0.2) is 131 Å². The van der Waals surface area contributed by atoms with Crippen molar-refractivity contribution < 1.29 is 68.4 Å². The maximum atomic E-state index is 13.9. The van der Waals surface area contributed by atoms with E-state index in [1.807, 2.05) is 0 Å². The number of ketones is 2. The highest BCUT2D eigenvalue weighted by Gasteiger charge is 2.40. The van der Waals surface area contributed by atoms with Crippen LogP contribution in [0.3, 0.4) is 0 Å². The number of carboxylic acid groups (broad SMARTS) is 4. The molecule has 0 bridgehead atoms. The minimum atomic E-state index is -1.56. The van der Waals surface area contributed by atoms with E-state index in [1.165, 1.54) is 48.5 Å². The number of carbonyl (C=O) groups is 10. The Balaban J connectivity index is 1.03. The highest BCUT2D eigenvalue weighted by Crippen LogP contribution is 2.47. The van der Waals surface area contributed by atoms with Gasteiger partial charge in [-0.1, -0.05) is 70.1 Å². The Bertz CT molecular complexity index is 2970. The number of hydrogen-bond acceptors (Lipinski definition) is 12. The fraction of sp³-hybridized carbons (Fsp3) is 0. The molecule has 2 aliphatic rings. The second kappa shape index (κ2) is 16.4. The Morgan fingerprint density at radius 2 is 0.672 bits per heavy atom. The number of rotatable bonds is 13. The van der Waals surface area contributed by atoms with E-state index in [4.69, 9.17) is 0 Å². The lowest BCUT2D eigenvalue weighted by molar-refractivity contribution is 0.0651. The van der Waals surface area contributed by atoms with Crippen LogP contribution in [0, 0.1) is 0 Å². The summed E-state index contributed by atoms with van der Waals surface area (Å²) in [7, 11) is 2.21. The number of para-hydroxylation sites is 2. The number of carboxylic acids is 4. The van der Waals surface area contributed by atoms with Crippen molar-refractivity contribution in [2.45, 2.75) is 9.79 Å². The molecule has 16 nitrogen and oxygen atoms in total. The molecule has 4 N–H and O–H groups in total. The van der Waals surface area contributed by atoms with Crippen molar-refractivity contribution in [1.82, 2.24) is 0 Å². The normalized spacial score (nSPS) is 12.9. The topological polar surface area (TPSA) is 258 Å². The van der Waals surface area contributed by atoms with Crippen LogP contribution < -0.4 is 9.80 Å². The molecule has 0 radical (unpaired) electrons. The molecular formula is C46H24N2O14S2. The molecule has 0 saturated heterocycles. The van der Waals surface area contributed by atoms with Gasteiger partial charge in [0.15, 0.2) is 11.6 Å². The van der Waals surface area contributed by atoms with Crippen LogP contribution in [0.5, 0.6) is 0 Å². The maximum absolute atomic E-state index is 13.9. The summed E-state index contributed by atoms with van der Waals surface area (Å²) in [5.41, 5.74) is -2.57. The van der Waals surface area contributed by atoms with E-state index in [0.29, 0.717) is 9.79 Å². The fourth-order valence-corrected chi connectivity index (χ4v) is 9.47. The monoisotopic (exact) mass is 892 g/mol. The first-order valence-corrected chi connectivity index (χ1v) is 20.6. The van der Waals surface area contributed by atoms with E-state index in [1.54, 1.807) is 36.4 Å². The highest BCUT2D eigenvalue weighted by atomic mass is 33.1. The molecule has 0 atom stereocenters. The zero-order chi connectivity index (χ0) is 45.7. The van der Waals surface area contributed by atoms with Crippen LogP contribution in [0.1, 0.15) is 115 Å². The predicted octanol–water partition coefficient (Wildman–Crippen LogP) is 7.34. The molecule has 4 amide bonds. The summed E-state index contributed by atoms with van der Waals surface area (Å²) in [4.78, 5) is 131. The third kappa shape index (κ3) is 7.27. The third-order valence-corrected chi connectivity index (χ3v) is 12.7. The van der Waals surface area contributed by atoms with Crippen molar-refractivity contribution >= 4 is 92.0 Å². The largest absolute Gasteiger partial charge is 0.478 e. The summed E-state index contributed by atoms with van der Waals surface area (Å²) in [6, 6.07) is 26.6. The van der Waals surface area contributed by atoms with Gasteiger partial charge in [-0.2, -0.15) is 0 Å². The highest BCUT2D eigenvalue weighted by molar-refractivity contribution is 8.76. The van der Waals surface area contributed by atoms with Crippen molar-refractivity contribution in [2.24, 2.45) is 0 Å². The zero-order valence-corrected chi connectivity index (χ0v) is 33.8. The van der Waals surface area contributed by atoms with E-state index in [2.05, 4.69) is 0 Å². The molecule has 0 saturated carbocycles. The summed E-state index contributed by atoms with van der Waals surface area (Å²) < 4.78 is 0. The van der Waals surface area contributed by atoms with Crippen LogP contribution >= 0.6 is 21.6 Å². The molecule has 64 heavy (non-hydrogen) atoms. The van der Waals surface area contributed by atoms with Gasteiger partial charge in [0.1, 0.15) is 0 Å². The quantitative estimate of drug-likeness (QED) is 0.0502. The van der Waals surface area contributed by atoms with E-state index in [9.17, 15) is 68.4 Å². The second-order valence-corrected chi connectivity index (χ2v) is 16.1. The van der Waals surface area contributed by atoms with Crippen molar-refractivity contribution in [3.8, 4) is 0 Å². The molecule has 0 unspecified atom stereocenters. The molecule has 0 aromatic heterocycles. The summed E-state index contributed by atoms with van der Waals surface area (Å²) in [6.45, 7) is 0. The van der Waals surface area contributed by atoms with Gasteiger partial charge in [-0.25, -0.2) is 29.0 Å². The van der Waals surface area contributed by atoms with Gasteiger partial charge in [-0.3, -0.25) is 28.8 Å². The molecule has 0 spiro atoms. The van der Waals surface area contributed by atoms with Crippen molar-refractivity contribution in [1.29, 1.82) is 0 Å². The third-order valence-electron chi connectivity index (χ3n) is 10.2. The number of benzene rings is 6. The predicted molar refractivity (Wildman–Crippen MR) is 227 cm³/mol. The van der Waals surface area contributed by atoms with Gasteiger partial charge in [0.25, 0.3) is 23.6 Å². The molecule has 18 heteroatoms. The van der Waals surface area contributed by atoms with Gasteiger partial charge in [-0.05, 0) is 72.8 Å². The lowest BCUT2D eigenvalue weighted by atomic mass is 9.96. The maximum Gasteiger partial charge on any atom is 0.336 e. The van der Waals surface area contributed by atoms with E-state index in [0.717, 1.165) is 67.8 Å². The minimum Gasteiger partial charge on any atom is -0.478 e. The van der Waals surface area contributed by atoms with Gasteiger partial charge in [0.2, 0.25) is 0 Å². The Labute approximate surface area is 366 Å². The molecule has 6 aromatic rings. The van der Waals surface area contributed by atoms with Crippen molar-refractivity contribution in [3.05, 3.63) is 188 Å². The number of amides is 4. The van der Waals surface area contributed by atoms with Gasteiger partial charge >= 0.3 is 23.9 Å². The van der Waals surface area contributed by atoms with Gasteiger partial charge in [0, 0.05) is 32.0 Å². The first kappa shape index (κ1) is 42.2. The molecule has 2 aliphatic heterocycles. The lowest BCUT2D eigenvalue weighted by Gasteiger charge is -2.19. The van der Waals surface area contributed by atoms with Crippen LogP contribution in [0.2, 0.25) is 0 Å². The van der Waals surface area contributed by atoms with Crippen molar-refractivity contribution in [2.75, 3.05) is 9.80 Å². The smallest absolute Gasteiger partial charge is 0.336 e. The van der Waals surface area contributed by atoms with E-state index < -0.39 is 81.3 Å².